The molecule has 8 heteroatoms. The van der Waals surface area contributed by atoms with Gasteiger partial charge in [0.25, 0.3) is 5.69 Å². The largest absolute Gasteiger partial charge is 0.478 e. The third-order valence-corrected chi connectivity index (χ3v) is 4.19. The minimum absolute atomic E-state index is 0.0202. The van der Waals surface area contributed by atoms with Crippen LogP contribution in [0.1, 0.15) is 26.3 Å². The summed E-state index contributed by atoms with van der Waals surface area (Å²) in [6, 6.07) is 8.49. The number of carboxylic acids is 2. The number of benzene rings is 2. The van der Waals surface area contributed by atoms with Crippen molar-refractivity contribution in [3.8, 4) is 0 Å². The fourth-order valence-corrected chi connectivity index (χ4v) is 3.10. The second-order valence-corrected chi connectivity index (χ2v) is 5.68. The first kappa shape index (κ1) is 16.5. The molecule has 7 nitrogen and oxygen atoms in total. The molecule has 0 fully saturated rings. The van der Waals surface area contributed by atoms with Crippen LogP contribution in [0, 0.1) is 17.0 Å². The predicted molar refractivity (Wildman–Crippen MR) is 82.3 cm³/mol. The molecule has 0 spiro atoms. The zero-order chi connectivity index (χ0) is 17.1. The van der Waals surface area contributed by atoms with Gasteiger partial charge in [0.15, 0.2) is 0 Å². The SMILES string of the molecule is Cc1cc(Sc2ccccc2C(=O)O)c([N+](=O)[O-])cc1C(=O)O. The van der Waals surface area contributed by atoms with E-state index in [4.69, 9.17) is 10.2 Å². The van der Waals surface area contributed by atoms with Crippen LogP contribution in [-0.2, 0) is 0 Å². The second kappa shape index (κ2) is 6.49. The number of carboxylic acid groups (broad SMARTS) is 2. The van der Waals surface area contributed by atoms with Crippen LogP contribution in [-0.4, -0.2) is 27.1 Å². The van der Waals surface area contributed by atoms with E-state index in [1.54, 1.807) is 12.1 Å². The number of hydrogen-bond donors (Lipinski definition) is 2. The molecule has 2 rings (SSSR count). The molecule has 0 unspecified atom stereocenters. The highest BCUT2D eigenvalue weighted by Crippen LogP contribution is 2.38. The molecule has 0 heterocycles. The lowest BCUT2D eigenvalue weighted by atomic mass is 10.1. The van der Waals surface area contributed by atoms with Gasteiger partial charge >= 0.3 is 11.9 Å². The first-order chi connectivity index (χ1) is 10.8. The average Bonchev–Trinajstić information content (AvgIpc) is 2.46. The van der Waals surface area contributed by atoms with Crippen molar-refractivity contribution in [3.63, 3.8) is 0 Å². The van der Waals surface area contributed by atoms with Crippen LogP contribution >= 0.6 is 11.8 Å². The number of rotatable bonds is 5. The molecule has 2 N–H and O–H groups in total. The van der Waals surface area contributed by atoms with E-state index in [-0.39, 0.29) is 21.7 Å². The highest BCUT2D eigenvalue weighted by molar-refractivity contribution is 7.99. The van der Waals surface area contributed by atoms with Gasteiger partial charge in [-0.25, -0.2) is 9.59 Å². The van der Waals surface area contributed by atoms with Crippen molar-refractivity contribution in [2.24, 2.45) is 0 Å². The molecular formula is C15H11NO6S. The third kappa shape index (κ3) is 3.49. The smallest absolute Gasteiger partial charge is 0.336 e. The maximum atomic E-state index is 11.2. The minimum atomic E-state index is -1.26. The van der Waals surface area contributed by atoms with Crippen LogP contribution in [0.2, 0.25) is 0 Å². The lowest BCUT2D eigenvalue weighted by Crippen LogP contribution is -2.03. The van der Waals surface area contributed by atoms with Crippen molar-refractivity contribution in [1.29, 1.82) is 0 Å². The van der Waals surface area contributed by atoms with E-state index in [1.807, 2.05) is 0 Å². The summed E-state index contributed by atoms with van der Waals surface area (Å²) in [5.41, 5.74) is -0.157. The van der Waals surface area contributed by atoms with Gasteiger partial charge in [-0.15, -0.1) is 0 Å². The number of nitro groups is 1. The molecule has 0 aliphatic carbocycles. The van der Waals surface area contributed by atoms with Gasteiger partial charge in [-0.1, -0.05) is 23.9 Å². The van der Waals surface area contributed by atoms with Crippen molar-refractivity contribution in [2.75, 3.05) is 0 Å². The van der Waals surface area contributed by atoms with Crippen LogP contribution in [0.25, 0.3) is 0 Å². The monoisotopic (exact) mass is 333 g/mol. The van der Waals surface area contributed by atoms with Gasteiger partial charge in [-0.2, -0.15) is 0 Å². The van der Waals surface area contributed by atoms with Crippen molar-refractivity contribution in [3.05, 3.63) is 63.2 Å². The van der Waals surface area contributed by atoms with E-state index in [0.717, 1.165) is 17.8 Å². The van der Waals surface area contributed by atoms with Gasteiger partial charge in [0.05, 0.1) is 20.9 Å². The number of aryl methyl sites for hydroxylation is 1. The first-order valence-corrected chi connectivity index (χ1v) is 7.15. The molecule has 2 aromatic carbocycles. The predicted octanol–water partition coefficient (Wildman–Crippen LogP) is 3.45. The number of hydrogen-bond acceptors (Lipinski definition) is 5. The van der Waals surface area contributed by atoms with E-state index in [2.05, 4.69) is 0 Å². The fourth-order valence-electron chi connectivity index (χ4n) is 1.98. The van der Waals surface area contributed by atoms with E-state index < -0.39 is 16.9 Å². The average molecular weight is 333 g/mol. The summed E-state index contributed by atoms with van der Waals surface area (Å²) in [6.45, 7) is 1.53. The van der Waals surface area contributed by atoms with Crippen LogP contribution in [0.3, 0.4) is 0 Å². The second-order valence-electron chi connectivity index (χ2n) is 4.60. The Labute approximate surface area is 134 Å². The summed E-state index contributed by atoms with van der Waals surface area (Å²) >= 11 is 0.917. The van der Waals surface area contributed by atoms with Crippen LogP contribution in [0.15, 0.2) is 46.2 Å². The van der Waals surface area contributed by atoms with Gasteiger partial charge in [-0.3, -0.25) is 10.1 Å². The molecule has 0 bridgehead atoms. The normalized spacial score (nSPS) is 10.3. The summed E-state index contributed by atoms with van der Waals surface area (Å²) in [5.74, 6) is -2.40. The zero-order valence-corrected chi connectivity index (χ0v) is 12.7. The molecule has 0 amide bonds. The Kier molecular flexibility index (Phi) is 4.65. The zero-order valence-electron chi connectivity index (χ0n) is 11.8. The van der Waals surface area contributed by atoms with E-state index in [0.29, 0.717) is 10.5 Å². The van der Waals surface area contributed by atoms with Gasteiger partial charge in [0, 0.05) is 11.0 Å². The molecule has 2 aromatic rings. The summed E-state index contributed by atoms with van der Waals surface area (Å²) in [7, 11) is 0. The van der Waals surface area contributed by atoms with Crippen LogP contribution < -0.4 is 0 Å². The Morgan fingerprint density at radius 3 is 2.22 bits per heavy atom. The standard InChI is InChI=1S/C15H11NO6S/c1-8-6-13(11(16(21)22)7-10(8)15(19)20)23-12-5-3-2-4-9(12)14(17)18/h2-7H,1H3,(H,17,18)(H,19,20). The Morgan fingerprint density at radius 1 is 1.04 bits per heavy atom. The maximum Gasteiger partial charge on any atom is 0.336 e. The quantitative estimate of drug-likeness (QED) is 0.635. The molecule has 0 saturated carbocycles. The molecule has 0 aliphatic rings. The summed E-state index contributed by atoms with van der Waals surface area (Å²) in [4.78, 5) is 33.4. The highest BCUT2D eigenvalue weighted by atomic mass is 32.2. The van der Waals surface area contributed by atoms with E-state index in [1.165, 1.54) is 25.1 Å². The maximum absolute atomic E-state index is 11.2. The number of carbonyl (C=O) groups is 2. The topological polar surface area (TPSA) is 118 Å². The van der Waals surface area contributed by atoms with Gasteiger partial charge < -0.3 is 10.2 Å². The lowest BCUT2D eigenvalue weighted by Gasteiger charge is -2.09. The fraction of sp³-hybridized carbons (Fsp3) is 0.0667. The third-order valence-electron chi connectivity index (χ3n) is 3.07. The van der Waals surface area contributed by atoms with Crippen molar-refractivity contribution >= 4 is 29.4 Å². The lowest BCUT2D eigenvalue weighted by molar-refractivity contribution is -0.387. The molecule has 118 valence electrons. The van der Waals surface area contributed by atoms with Crippen LogP contribution in [0.5, 0.6) is 0 Å². The Balaban J connectivity index is 2.56. The Bertz CT molecular complexity index is 818. The van der Waals surface area contributed by atoms with Crippen molar-refractivity contribution < 1.29 is 24.7 Å². The summed E-state index contributed by atoms with van der Waals surface area (Å²) in [5, 5.41) is 29.4. The Morgan fingerprint density at radius 2 is 1.65 bits per heavy atom. The van der Waals surface area contributed by atoms with Crippen LogP contribution in [0.4, 0.5) is 5.69 Å². The number of nitro benzene ring substituents is 1. The molecule has 0 aliphatic heterocycles. The van der Waals surface area contributed by atoms with Gasteiger partial charge in [-0.05, 0) is 30.7 Å². The minimum Gasteiger partial charge on any atom is -0.478 e. The Hall–Kier alpha value is -2.87. The van der Waals surface area contributed by atoms with Gasteiger partial charge in [0.2, 0.25) is 0 Å². The van der Waals surface area contributed by atoms with E-state index >= 15 is 0 Å². The summed E-state index contributed by atoms with van der Waals surface area (Å²) < 4.78 is 0. The molecule has 0 atom stereocenters. The summed E-state index contributed by atoms with van der Waals surface area (Å²) in [6.07, 6.45) is 0. The highest BCUT2D eigenvalue weighted by Gasteiger charge is 2.22. The molecule has 0 saturated heterocycles. The van der Waals surface area contributed by atoms with Crippen molar-refractivity contribution in [2.45, 2.75) is 16.7 Å². The number of nitrogens with zero attached hydrogens (tertiary/aromatic N) is 1. The first-order valence-electron chi connectivity index (χ1n) is 6.33. The van der Waals surface area contributed by atoms with E-state index in [9.17, 15) is 19.7 Å². The molecule has 0 aromatic heterocycles. The van der Waals surface area contributed by atoms with Crippen molar-refractivity contribution in [1.82, 2.24) is 0 Å². The molecular weight excluding hydrogens is 322 g/mol. The molecule has 0 radical (unpaired) electrons. The number of aromatic carboxylic acids is 2. The molecule has 23 heavy (non-hydrogen) atoms. The van der Waals surface area contributed by atoms with Gasteiger partial charge in [0.1, 0.15) is 0 Å².